The van der Waals surface area contributed by atoms with E-state index in [1.54, 1.807) is 30.3 Å². The molecule has 1 radical (unpaired) electrons. The highest BCUT2D eigenvalue weighted by Crippen LogP contribution is 2.21. The monoisotopic (exact) mass is 205 g/mol. The van der Waals surface area contributed by atoms with E-state index in [4.69, 9.17) is 11.6 Å². The maximum absolute atomic E-state index is 12.6. The Kier molecular flexibility index (Phi) is 2.51. The highest BCUT2D eigenvalue weighted by Gasteiger charge is 1.98. The average molecular weight is 206 g/mol. The maximum Gasteiger partial charge on any atom is 0.123 e. The summed E-state index contributed by atoms with van der Waals surface area (Å²) in [5.41, 5.74) is 1.78. The molecule has 0 heterocycles. The lowest BCUT2D eigenvalue weighted by Crippen LogP contribution is -1.78. The molecule has 0 atom stereocenters. The second-order valence-electron chi connectivity index (χ2n) is 2.93. The number of hydrogen-bond donors (Lipinski definition) is 0. The van der Waals surface area contributed by atoms with Crippen LogP contribution in [0, 0.1) is 11.9 Å². The van der Waals surface area contributed by atoms with Gasteiger partial charge in [0.15, 0.2) is 0 Å². The minimum Gasteiger partial charge on any atom is -0.207 e. The Morgan fingerprint density at radius 3 is 2.43 bits per heavy atom. The predicted octanol–water partition coefficient (Wildman–Crippen LogP) is 3.95. The Morgan fingerprint density at radius 2 is 1.79 bits per heavy atom. The van der Waals surface area contributed by atoms with Crippen molar-refractivity contribution >= 4 is 11.6 Å². The highest BCUT2D eigenvalue weighted by atomic mass is 35.5. The number of hydrogen-bond acceptors (Lipinski definition) is 0. The Bertz CT molecular complexity index is 434. The van der Waals surface area contributed by atoms with Gasteiger partial charge in [-0.15, -0.1) is 0 Å². The van der Waals surface area contributed by atoms with Crippen molar-refractivity contribution in [1.82, 2.24) is 0 Å². The van der Waals surface area contributed by atoms with Crippen LogP contribution in [0.1, 0.15) is 0 Å². The molecule has 0 aromatic heterocycles. The molecule has 0 amide bonds. The molecule has 0 aliphatic rings. The molecule has 2 aromatic carbocycles. The first-order valence-corrected chi connectivity index (χ1v) is 4.57. The normalized spacial score (nSPS) is 10.1. The Labute approximate surface area is 87.0 Å². The molecule has 0 nitrogen and oxygen atoms in total. The van der Waals surface area contributed by atoms with Crippen LogP contribution in [0.25, 0.3) is 11.1 Å². The van der Waals surface area contributed by atoms with Crippen LogP contribution < -0.4 is 0 Å². The fourth-order valence-electron chi connectivity index (χ4n) is 1.23. The van der Waals surface area contributed by atoms with Crippen molar-refractivity contribution in [1.29, 1.82) is 0 Å². The van der Waals surface area contributed by atoms with E-state index in [9.17, 15) is 4.39 Å². The van der Waals surface area contributed by atoms with E-state index in [-0.39, 0.29) is 5.82 Å². The Morgan fingerprint density at radius 1 is 1.07 bits per heavy atom. The van der Waals surface area contributed by atoms with E-state index < -0.39 is 0 Å². The summed E-state index contributed by atoms with van der Waals surface area (Å²) in [6, 6.07) is 14.6. The first-order valence-electron chi connectivity index (χ1n) is 4.19. The molecule has 0 unspecified atom stereocenters. The molecule has 0 bridgehead atoms. The number of benzene rings is 2. The van der Waals surface area contributed by atoms with Gasteiger partial charge in [0.25, 0.3) is 0 Å². The van der Waals surface area contributed by atoms with Crippen LogP contribution in [-0.4, -0.2) is 0 Å². The number of halogens is 2. The minimum absolute atomic E-state index is 0.240. The van der Waals surface area contributed by atoms with E-state index in [2.05, 4.69) is 6.07 Å². The van der Waals surface area contributed by atoms with Crippen molar-refractivity contribution in [3.05, 3.63) is 59.4 Å². The van der Waals surface area contributed by atoms with Crippen LogP contribution in [0.3, 0.4) is 0 Å². The minimum atomic E-state index is -0.240. The molecule has 0 aliphatic heterocycles. The lowest BCUT2D eigenvalue weighted by atomic mass is 10.1. The van der Waals surface area contributed by atoms with Gasteiger partial charge in [-0.05, 0) is 41.5 Å². The smallest absolute Gasteiger partial charge is 0.123 e. The second kappa shape index (κ2) is 3.81. The van der Waals surface area contributed by atoms with Crippen LogP contribution in [-0.2, 0) is 0 Å². The summed E-state index contributed by atoms with van der Waals surface area (Å²) in [5, 5.41) is 0.656. The van der Waals surface area contributed by atoms with E-state index in [0.29, 0.717) is 5.02 Å². The van der Waals surface area contributed by atoms with Gasteiger partial charge in [0.2, 0.25) is 0 Å². The Hall–Kier alpha value is -1.34. The molecule has 2 rings (SSSR count). The summed E-state index contributed by atoms with van der Waals surface area (Å²) in [6.45, 7) is 0. The summed E-state index contributed by atoms with van der Waals surface area (Å²) < 4.78 is 12.6. The summed E-state index contributed by atoms with van der Waals surface area (Å²) >= 11 is 5.83. The zero-order chi connectivity index (χ0) is 9.97. The van der Waals surface area contributed by atoms with Crippen LogP contribution in [0.15, 0.2) is 42.5 Å². The van der Waals surface area contributed by atoms with Crippen molar-refractivity contribution in [3.8, 4) is 11.1 Å². The lowest BCUT2D eigenvalue weighted by Gasteiger charge is -2.00. The quantitative estimate of drug-likeness (QED) is 0.662. The van der Waals surface area contributed by atoms with Gasteiger partial charge in [-0.25, -0.2) is 4.39 Å². The van der Waals surface area contributed by atoms with Gasteiger partial charge in [-0.3, -0.25) is 0 Å². The van der Waals surface area contributed by atoms with Crippen molar-refractivity contribution in [2.24, 2.45) is 0 Å². The van der Waals surface area contributed by atoms with Crippen molar-refractivity contribution in [2.75, 3.05) is 0 Å². The second-order valence-corrected chi connectivity index (χ2v) is 3.36. The van der Waals surface area contributed by atoms with Gasteiger partial charge in [0.05, 0.1) is 0 Å². The first-order chi connectivity index (χ1) is 6.75. The molecule has 0 aliphatic carbocycles. The van der Waals surface area contributed by atoms with Crippen LogP contribution in [0.5, 0.6) is 0 Å². The fourth-order valence-corrected chi connectivity index (χ4v) is 1.41. The molecule has 0 N–H and O–H groups in total. The lowest BCUT2D eigenvalue weighted by molar-refractivity contribution is 0.628. The summed E-state index contributed by atoms with van der Waals surface area (Å²) in [6.07, 6.45) is 0. The third-order valence-corrected chi connectivity index (χ3v) is 2.15. The van der Waals surface area contributed by atoms with Gasteiger partial charge >= 0.3 is 0 Å². The molecule has 0 saturated carbocycles. The van der Waals surface area contributed by atoms with Gasteiger partial charge in [-0.2, -0.15) is 0 Å². The first kappa shape index (κ1) is 9.22. The van der Waals surface area contributed by atoms with Crippen molar-refractivity contribution in [3.63, 3.8) is 0 Å². The Balaban J connectivity index is 2.44. The topological polar surface area (TPSA) is 0 Å². The van der Waals surface area contributed by atoms with Crippen LogP contribution >= 0.6 is 11.6 Å². The largest absolute Gasteiger partial charge is 0.207 e. The number of rotatable bonds is 1. The van der Waals surface area contributed by atoms with Crippen molar-refractivity contribution < 1.29 is 4.39 Å². The van der Waals surface area contributed by atoms with Crippen LogP contribution in [0.2, 0.25) is 5.02 Å². The zero-order valence-electron chi connectivity index (χ0n) is 7.30. The summed E-state index contributed by atoms with van der Waals surface area (Å²) in [7, 11) is 0. The molecule has 14 heavy (non-hydrogen) atoms. The van der Waals surface area contributed by atoms with E-state index in [1.165, 1.54) is 12.1 Å². The van der Waals surface area contributed by atoms with Crippen LogP contribution in [0.4, 0.5) is 4.39 Å². The van der Waals surface area contributed by atoms with Gasteiger partial charge in [-0.1, -0.05) is 29.8 Å². The highest BCUT2D eigenvalue weighted by molar-refractivity contribution is 6.30. The molecule has 2 aromatic rings. The van der Waals surface area contributed by atoms with Gasteiger partial charge < -0.3 is 0 Å². The summed E-state index contributed by atoms with van der Waals surface area (Å²) in [5.74, 6) is -0.240. The van der Waals surface area contributed by atoms with Crippen molar-refractivity contribution in [2.45, 2.75) is 0 Å². The molecule has 69 valence electrons. The predicted molar refractivity (Wildman–Crippen MR) is 55.7 cm³/mol. The standard InChI is InChI=1S/C12H7ClF/c13-11-3-1-2-10(8-11)9-4-6-12(14)7-5-9/h1,3-8H. The molecule has 0 spiro atoms. The molecule has 2 heteroatoms. The molecular weight excluding hydrogens is 199 g/mol. The maximum atomic E-state index is 12.6. The fraction of sp³-hybridized carbons (Fsp3) is 0. The SMILES string of the molecule is Fc1ccc(-c2[c]ccc(Cl)c2)cc1. The summed E-state index contributed by atoms with van der Waals surface area (Å²) in [4.78, 5) is 0. The van der Waals surface area contributed by atoms with Gasteiger partial charge in [0, 0.05) is 5.02 Å². The third kappa shape index (κ3) is 1.94. The van der Waals surface area contributed by atoms with E-state index in [0.717, 1.165) is 11.1 Å². The average Bonchev–Trinajstić information content (AvgIpc) is 2.19. The van der Waals surface area contributed by atoms with Gasteiger partial charge in [0.1, 0.15) is 5.82 Å². The molecule has 0 fully saturated rings. The van der Waals surface area contributed by atoms with E-state index >= 15 is 0 Å². The van der Waals surface area contributed by atoms with E-state index in [1.807, 2.05) is 0 Å². The molecule has 0 saturated heterocycles. The molecular formula is C12H7ClF. The zero-order valence-corrected chi connectivity index (χ0v) is 8.05. The third-order valence-electron chi connectivity index (χ3n) is 1.92.